The van der Waals surface area contributed by atoms with Crippen molar-refractivity contribution in [1.82, 2.24) is 5.32 Å². The van der Waals surface area contributed by atoms with Crippen molar-refractivity contribution < 1.29 is 4.74 Å². The molecule has 0 aromatic heterocycles. The predicted octanol–water partition coefficient (Wildman–Crippen LogP) is 6.01. The van der Waals surface area contributed by atoms with Crippen molar-refractivity contribution in [2.24, 2.45) is 0 Å². The number of unbranched alkanes of at least 4 members (excludes halogenated alkanes) is 3. The first-order valence-electron chi connectivity index (χ1n) is 8.45. The highest BCUT2D eigenvalue weighted by atomic mass is 35.5. The van der Waals surface area contributed by atoms with Gasteiger partial charge < -0.3 is 10.1 Å². The van der Waals surface area contributed by atoms with Crippen LogP contribution in [0.25, 0.3) is 0 Å². The molecule has 2 nitrogen and oxygen atoms in total. The molecule has 2 aromatic rings. The van der Waals surface area contributed by atoms with Crippen LogP contribution in [0.2, 0.25) is 5.02 Å². The van der Waals surface area contributed by atoms with Gasteiger partial charge >= 0.3 is 0 Å². The molecule has 0 amide bonds. The Balaban J connectivity index is 0.00000288. The van der Waals surface area contributed by atoms with Gasteiger partial charge in [-0.05, 0) is 36.2 Å². The Morgan fingerprint density at radius 3 is 2.46 bits per heavy atom. The van der Waals surface area contributed by atoms with E-state index in [1.807, 2.05) is 42.5 Å². The smallest absolute Gasteiger partial charge is 0.138 e. The van der Waals surface area contributed by atoms with E-state index < -0.39 is 0 Å². The third-order valence-electron chi connectivity index (χ3n) is 3.77. The molecule has 1 N–H and O–H groups in total. The maximum atomic E-state index is 6.32. The monoisotopic (exact) mass is 367 g/mol. The van der Waals surface area contributed by atoms with Crippen molar-refractivity contribution in [2.75, 3.05) is 6.54 Å². The SMILES string of the molecule is CCCCCCNCc1ccc(OCc2ccccc2)c(Cl)c1.Cl. The Bertz CT molecular complexity index is 575. The lowest BCUT2D eigenvalue weighted by Gasteiger charge is -2.10. The largest absolute Gasteiger partial charge is 0.487 e. The zero-order valence-corrected chi connectivity index (χ0v) is 15.8. The van der Waals surface area contributed by atoms with Crippen molar-refractivity contribution in [3.05, 3.63) is 64.7 Å². The quantitative estimate of drug-likeness (QED) is 0.519. The fourth-order valence-electron chi connectivity index (χ4n) is 2.42. The van der Waals surface area contributed by atoms with E-state index in [0.29, 0.717) is 11.6 Å². The molecule has 0 radical (unpaired) electrons. The number of nitrogens with one attached hydrogen (secondary N) is 1. The topological polar surface area (TPSA) is 21.3 Å². The van der Waals surface area contributed by atoms with Crippen molar-refractivity contribution in [3.63, 3.8) is 0 Å². The zero-order chi connectivity index (χ0) is 16.3. The first-order valence-corrected chi connectivity index (χ1v) is 8.83. The van der Waals surface area contributed by atoms with Gasteiger partial charge in [0.15, 0.2) is 0 Å². The molecule has 0 saturated carbocycles. The van der Waals surface area contributed by atoms with Gasteiger partial charge in [-0.25, -0.2) is 0 Å². The van der Waals surface area contributed by atoms with E-state index in [4.69, 9.17) is 16.3 Å². The molecule has 4 heteroatoms. The van der Waals surface area contributed by atoms with E-state index >= 15 is 0 Å². The summed E-state index contributed by atoms with van der Waals surface area (Å²) in [6.07, 6.45) is 5.14. The molecular formula is C20H27Cl2NO. The lowest BCUT2D eigenvalue weighted by Crippen LogP contribution is -2.14. The first-order chi connectivity index (χ1) is 11.3. The molecule has 0 heterocycles. The number of ether oxygens (including phenoxy) is 1. The van der Waals surface area contributed by atoms with Crippen molar-refractivity contribution in [2.45, 2.75) is 45.8 Å². The highest BCUT2D eigenvalue weighted by Gasteiger charge is 2.04. The fraction of sp³-hybridized carbons (Fsp3) is 0.400. The van der Waals surface area contributed by atoms with Crippen LogP contribution in [0.15, 0.2) is 48.5 Å². The Morgan fingerprint density at radius 2 is 1.75 bits per heavy atom. The minimum Gasteiger partial charge on any atom is -0.487 e. The molecule has 2 rings (SSSR count). The van der Waals surface area contributed by atoms with E-state index in [-0.39, 0.29) is 12.4 Å². The fourth-order valence-corrected chi connectivity index (χ4v) is 2.67. The Labute approximate surface area is 157 Å². The summed E-state index contributed by atoms with van der Waals surface area (Å²) < 4.78 is 5.80. The van der Waals surface area contributed by atoms with Gasteiger partial charge in [-0.3, -0.25) is 0 Å². The van der Waals surface area contributed by atoms with Crippen LogP contribution in [-0.2, 0) is 13.2 Å². The van der Waals surface area contributed by atoms with E-state index in [0.717, 1.165) is 24.4 Å². The summed E-state index contributed by atoms with van der Waals surface area (Å²) in [5.74, 6) is 0.738. The zero-order valence-electron chi connectivity index (χ0n) is 14.3. The predicted molar refractivity (Wildman–Crippen MR) is 105 cm³/mol. The van der Waals surface area contributed by atoms with Crippen LogP contribution in [0.3, 0.4) is 0 Å². The summed E-state index contributed by atoms with van der Waals surface area (Å²) in [6.45, 7) is 4.68. The van der Waals surface area contributed by atoms with E-state index in [1.54, 1.807) is 0 Å². The molecule has 0 aliphatic rings. The van der Waals surface area contributed by atoms with Crippen molar-refractivity contribution in [1.29, 1.82) is 0 Å². The minimum absolute atomic E-state index is 0. The first kappa shape index (κ1) is 20.8. The summed E-state index contributed by atoms with van der Waals surface area (Å²) >= 11 is 6.32. The summed E-state index contributed by atoms with van der Waals surface area (Å²) in [5.41, 5.74) is 2.33. The van der Waals surface area contributed by atoms with Crippen LogP contribution in [0.1, 0.15) is 43.7 Å². The van der Waals surface area contributed by atoms with Crippen molar-refractivity contribution >= 4 is 24.0 Å². The molecule has 0 aliphatic carbocycles. The molecule has 0 bridgehead atoms. The van der Waals surface area contributed by atoms with Crippen LogP contribution < -0.4 is 10.1 Å². The van der Waals surface area contributed by atoms with E-state index in [2.05, 4.69) is 18.3 Å². The van der Waals surface area contributed by atoms with Crippen molar-refractivity contribution in [3.8, 4) is 5.75 Å². The standard InChI is InChI=1S/C20H26ClNO.ClH/c1-2-3-4-8-13-22-15-18-11-12-20(19(21)14-18)23-16-17-9-6-5-7-10-17;/h5-7,9-12,14,22H,2-4,8,13,15-16H2,1H3;1H. The number of halogens is 2. The highest BCUT2D eigenvalue weighted by molar-refractivity contribution is 6.32. The number of hydrogen-bond acceptors (Lipinski definition) is 2. The summed E-state index contributed by atoms with van der Waals surface area (Å²) in [6, 6.07) is 16.1. The number of hydrogen-bond donors (Lipinski definition) is 1. The minimum atomic E-state index is 0. The molecule has 132 valence electrons. The molecule has 0 fully saturated rings. The molecule has 0 unspecified atom stereocenters. The number of benzene rings is 2. The summed E-state index contributed by atoms with van der Waals surface area (Å²) in [7, 11) is 0. The lowest BCUT2D eigenvalue weighted by atomic mass is 10.2. The van der Waals surface area contributed by atoms with Gasteiger partial charge in [0.2, 0.25) is 0 Å². The van der Waals surface area contributed by atoms with Crippen LogP contribution in [0.4, 0.5) is 0 Å². The Morgan fingerprint density at radius 1 is 0.958 bits per heavy atom. The van der Waals surface area contributed by atoms with Crippen LogP contribution in [0.5, 0.6) is 5.75 Å². The molecule has 24 heavy (non-hydrogen) atoms. The molecule has 0 aliphatic heterocycles. The Hall–Kier alpha value is -1.22. The van der Waals surface area contributed by atoms with Gasteiger partial charge in [0.25, 0.3) is 0 Å². The van der Waals surface area contributed by atoms with Gasteiger partial charge in [0, 0.05) is 6.54 Å². The van der Waals surface area contributed by atoms with Crippen LogP contribution in [-0.4, -0.2) is 6.54 Å². The second kappa shape index (κ2) is 12.2. The summed E-state index contributed by atoms with van der Waals surface area (Å²) in [4.78, 5) is 0. The third kappa shape index (κ3) is 7.57. The normalized spacial score (nSPS) is 10.2. The molecular weight excluding hydrogens is 341 g/mol. The maximum Gasteiger partial charge on any atom is 0.138 e. The van der Waals surface area contributed by atoms with Gasteiger partial charge in [-0.2, -0.15) is 0 Å². The van der Waals surface area contributed by atoms with E-state index in [9.17, 15) is 0 Å². The van der Waals surface area contributed by atoms with Gasteiger partial charge in [0.05, 0.1) is 5.02 Å². The summed E-state index contributed by atoms with van der Waals surface area (Å²) in [5, 5.41) is 4.14. The van der Waals surface area contributed by atoms with Crippen LogP contribution in [0, 0.1) is 0 Å². The van der Waals surface area contributed by atoms with Gasteiger partial charge in [0.1, 0.15) is 12.4 Å². The molecule has 2 aromatic carbocycles. The molecule has 0 saturated heterocycles. The highest BCUT2D eigenvalue weighted by Crippen LogP contribution is 2.26. The molecule has 0 spiro atoms. The number of rotatable bonds is 10. The van der Waals surface area contributed by atoms with E-state index in [1.165, 1.54) is 31.2 Å². The average Bonchev–Trinajstić information content (AvgIpc) is 2.58. The average molecular weight is 368 g/mol. The Kier molecular flexibility index (Phi) is 10.6. The third-order valence-corrected chi connectivity index (χ3v) is 4.07. The van der Waals surface area contributed by atoms with Gasteiger partial charge in [-0.15, -0.1) is 12.4 Å². The lowest BCUT2D eigenvalue weighted by molar-refractivity contribution is 0.306. The maximum absolute atomic E-state index is 6.32. The van der Waals surface area contributed by atoms with Crippen LogP contribution >= 0.6 is 24.0 Å². The second-order valence-electron chi connectivity index (χ2n) is 5.78. The molecule has 0 atom stereocenters. The van der Waals surface area contributed by atoms with Gasteiger partial charge in [-0.1, -0.05) is 74.2 Å². The second-order valence-corrected chi connectivity index (χ2v) is 6.18.